The van der Waals surface area contributed by atoms with E-state index in [-0.39, 0.29) is 5.69 Å². The lowest BCUT2D eigenvalue weighted by atomic mass is 10.0. The van der Waals surface area contributed by atoms with Crippen LogP contribution < -0.4 is 5.32 Å². The van der Waals surface area contributed by atoms with E-state index in [1.54, 1.807) is 36.4 Å². The van der Waals surface area contributed by atoms with Gasteiger partial charge in [0.15, 0.2) is 0 Å². The maximum absolute atomic E-state index is 10.7. The second kappa shape index (κ2) is 5.18. The molecule has 6 heteroatoms. The van der Waals surface area contributed by atoms with Gasteiger partial charge in [0.1, 0.15) is 0 Å². The van der Waals surface area contributed by atoms with Gasteiger partial charge in [0.2, 0.25) is 0 Å². The fourth-order valence-electron chi connectivity index (χ4n) is 1.75. The summed E-state index contributed by atoms with van der Waals surface area (Å²) in [6, 6.07) is 12.8. The van der Waals surface area contributed by atoms with E-state index in [9.17, 15) is 14.9 Å². The Labute approximate surface area is 108 Å². The molecule has 0 saturated carbocycles. The van der Waals surface area contributed by atoms with Crippen molar-refractivity contribution in [2.45, 2.75) is 0 Å². The molecule has 0 radical (unpaired) electrons. The van der Waals surface area contributed by atoms with E-state index < -0.39 is 11.0 Å². The highest BCUT2D eigenvalue weighted by Gasteiger charge is 2.10. The monoisotopic (exact) mass is 258 g/mol. The second-order valence-corrected chi connectivity index (χ2v) is 3.78. The average molecular weight is 258 g/mol. The Kier molecular flexibility index (Phi) is 3.42. The third-order valence-electron chi connectivity index (χ3n) is 2.54. The van der Waals surface area contributed by atoms with E-state index in [0.717, 1.165) is 0 Å². The van der Waals surface area contributed by atoms with Crippen LogP contribution in [-0.2, 0) is 0 Å². The molecular formula is C13H10N2O4. The Hall–Kier alpha value is -2.89. The van der Waals surface area contributed by atoms with Crippen LogP contribution in [0.3, 0.4) is 0 Å². The first kappa shape index (κ1) is 12.6. The number of benzene rings is 2. The third-order valence-corrected chi connectivity index (χ3v) is 2.54. The molecule has 0 unspecified atom stereocenters. The molecule has 0 spiro atoms. The van der Waals surface area contributed by atoms with Gasteiger partial charge in [-0.3, -0.25) is 15.4 Å². The molecule has 0 aliphatic heterocycles. The predicted octanol–water partition coefficient (Wildman–Crippen LogP) is 3.35. The first-order chi connectivity index (χ1) is 9.08. The van der Waals surface area contributed by atoms with E-state index in [1.165, 1.54) is 12.1 Å². The molecule has 0 aliphatic carbocycles. The standard InChI is InChI=1S/C13H10N2O4/c16-13(17)14-12-7-2-1-6-11(12)9-4-3-5-10(8-9)15(18)19/h1-8,14H,(H,16,17). The SMILES string of the molecule is O=C(O)Nc1ccccc1-c1cccc([N+](=O)[O-])c1. The number of para-hydroxylation sites is 1. The Balaban J connectivity index is 2.49. The van der Waals surface area contributed by atoms with Crippen molar-refractivity contribution in [2.24, 2.45) is 0 Å². The van der Waals surface area contributed by atoms with Crippen LogP contribution in [0.4, 0.5) is 16.2 Å². The van der Waals surface area contributed by atoms with Gasteiger partial charge >= 0.3 is 6.09 Å². The summed E-state index contributed by atoms with van der Waals surface area (Å²) in [6.07, 6.45) is -1.18. The highest BCUT2D eigenvalue weighted by molar-refractivity contribution is 5.90. The molecule has 6 nitrogen and oxygen atoms in total. The molecule has 0 bridgehead atoms. The molecule has 2 aromatic carbocycles. The normalized spacial score (nSPS) is 9.89. The zero-order valence-electron chi connectivity index (χ0n) is 9.74. The minimum absolute atomic E-state index is 0.0392. The van der Waals surface area contributed by atoms with E-state index in [1.807, 2.05) is 0 Å². The van der Waals surface area contributed by atoms with Gasteiger partial charge in [0, 0.05) is 17.7 Å². The van der Waals surface area contributed by atoms with Gasteiger partial charge in [0.05, 0.1) is 10.6 Å². The molecule has 0 atom stereocenters. The first-order valence-electron chi connectivity index (χ1n) is 5.42. The summed E-state index contributed by atoms with van der Waals surface area (Å²) in [4.78, 5) is 21.0. The Morgan fingerprint density at radius 1 is 1.16 bits per heavy atom. The number of hydrogen-bond acceptors (Lipinski definition) is 3. The number of rotatable bonds is 3. The molecule has 96 valence electrons. The zero-order valence-corrected chi connectivity index (χ0v) is 9.74. The molecule has 0 fully saturated rings. The molecule has 0 saturated heterocycles. The summed E-state index contributed by atoms with van der Waals surface area (Å²) in [5.41, 5.74) is 1.52. The van der Waals surface area contributed by atoms with Crippen LogP contribution in [0.15, 0.2) is 48.5 Å². The van der Waals surface area contributed by atoms with Gasteiger partial charge in [-0.15, -0.1) is 0 Å². The number of anilines is 1. The van der Waals surface area contributed by atoms with Gasteiger partial charge in [-0.2, -0.15) is 0 Å². The summed E-state index contributed by atoms with van der Waals surface area (Å²) in [6.45, 7) is 0. The van der Waals surface area contributed by atoms with Crippen LogP contribution in [-0.4, -0.2) is 16.1 Å². The molecule has 0 aromatic heterocycles. The average Bonchev–Trinajstić information content (AvgIpc) is 2.39. The molecule has 0 aliphatic rings. The molecular weight excluding hydrogens is 248 g/mol. The van der Waals surface area contributed by atoms with Crippen LogP contribution in [0.25, 0.3) is 11.1 Å². The fourth-order valence-corrected chi connectivity index (χ4v) is 1.75. The van der Waals surface area contributed by atoms with Gasteiger partial charge in [-0.25, -0.2) is 4.79 Å². The van der Waals surface area contributed by atoms with Crippen molar-refractivity contribution < 1.29 is 14.8 Å². The van der Waals surface area contributed by atoms with Crippen LogP contribution >= 0.6 is 0 Å². The van der Waals surface area contributed by atoms with Gasteiger partial charge in [-0.05, 0) is 11.6 Å². The number of nitrogens with zero attached hydrogens (tertiary/aromatic N) is 1. The minimum Gasteiger partial charge on any atom is -0.465 e. The van der Waals surface area contributed by atoms with Gasteiger partial charge in [-0.1, -0.05) is 30.3 Å². The van der Waals surface area contributed by atoms with E-state index in [0.29, 0.717) is 16.8 Å². The predicted molar refractivity (Wildman–Crippen MR) is 70.2 cm³/mol. The number of hydrogen-bond donors (Lipinski definition) is 2. The largest absolute Gasteiger partial charge is 0.465 e. The number of nitrogens with one attached hydrogen (secondary N) is 1. The summed E-state index contributed by atoms with van der Waals surface area (Å²) >= 11 is 0. The zero-order chi connectivity index (χ0) is 13.8. The van der Waals surface area contributed by atoms with Gasteiger partial charge in [0.25, 0.3) is 5.69 Å². The van der Waals surface area contributed by atoms with Crippen LogP contribution in [0.5, 0.6) is 0 Å². The van der Waals surface area contributed by atoms with E-state index >= 15 is 0 Å². The fraction of sp³-hybridized carbons (Fsp3) is 0. The summed E-state index contributed by atoms with van der Waals surface area (Å²) in [5.74, 6) is 0. The smallest absolute Gasteiger partial charge is 0.409 e. The lowest BCUT2D eigenvalue weighted by molar-refractivity contribution is -0.384. The summed E-state index contributed by atoms with van der Waals surface area (Å²) < 4.78 is 0. The highest BCUT2D eigenvalue weighted by atomic mass is 16.6. The maximum atomic E-state index is 10.7. The lowest BCUT2D eigenvalue weighted by Crippen LogP contribution is -2.08. The molecule has 2 rings (SSSR count). The second-order valence-electron chi connectivity index (χ2n) is 3.78. The molecule has 19 heavy (non-hydrogen) atoms. The Morgan fingerprint density at radius 3 is 2.58 bits per heavy atom. The molecule has 2 N–H and O–H groups in total. The summed E-state index contributed by atoms with van der Waals surface area (Å²) in [5, 5.41) is 21.8. The van der Waals surface area contributed by atoms with Crippen molar-refractivity contribution in [3.8, 4) is 11.1 Å². The van der Waals surface area contributed by atoms with Crippen LogP contribution in [0.2, 0.25) is 0 Å². The van der Waals surface area contributed by atoms with E-state index in [4.69, 9.17) is 5.11 Å². The molecule has 2 aromatic rings. The highest BCUT2D eigenvalue weighted by Crippen LogP contribution is 2.30. The van der Waals surface area contributed by atoms with Crippen LogP contribution in [0.1, 0.15) is 0 Å². The van der Waals surface area contributed by atoms with Crippen molar-refractivity contribution in [1.82, 2.24) is 0 Å². The van der Waals surface area contributed by atoms with Crippen molar-refractivity contribution in [2.75, 3.05) is 5.32 Å². The Bertz CT molecular complexity index is 640. The van der Waals surface area contributed by atoms with Crippen molar-refractivity contribution >= 4 is 17.5 Å². The molecule has 1 amide bonds. The number of carboxylic acid groups (broad SMARTS) is 1. The van der Waals surface area contributed by atoms with E-state index in [2.05, 4.69) is 5.32 Å². The number of non-ortho nitro benzene ring substituents is 1. The van der Waals surface area contributed by atoms with Crippen LogP contribution in [0, 0.1) is 10.1 Å². The van der Waals surface area contributed by atoms with Crippen molar-refractivity contribution in [3.05, 3.63) is 58.6 Å². The lowest BCUT2D eigenvalue weighted by Gasteiger charge is -2.08. The first-order valence-corrected chi connectivity index (χ1v) is 5.42. The third kappa shape index (κ3) is 2.86. The maximum Gasteiger partial charge on any atom is 0.409 e. The quantitative estimate of drug-likeness (QED) is 0.652. The number of nitro benzene ring substituents is 1. The summed E-state index contributed by atoms with van der Waals surface area (Å²) in [7, 11) is 0. The Morgan fingerprint density at radius 2 is 1.89 bits per heavy atom. The number of nitro groups is 1. The molecule has 0 heterocycles. The topological polar surface area (TPSA) is 92.5 Å². The minimum atomic E-state index is -1.18. The number of amides is 1. The van der Waals surface area contributed by atoms with Crippen molar-refractivity contribution in [1.29, 1.82) is 0 Å². The number of carbonyl (C=O) groups is 1. The van der Waals surface area contributed by atoms with Gasteiger partial charge < -0.3 is 5.11 Å². The van der Waals surface area contributed by atoms with Crippen molar-refractivity contribution in [3.63, 3.8) is 0 Å².